The molecule has 0 nitrogen and oxygen atoms in total. The molecule has 0 rings (SSSR count). The van der Waals surface area contributed by atoms with Crippen LogP contribution in [0.1, 0.15) is 73.1 Å². The zero-order chi connectivity index (χ0) is 10.9. The van der Waals surface area contributed by atoms with Crippen LogP contribution in [-0.4, -0.2) is 0 Å². The minimum Gasteiger partial charge on any atom is -0.103 e. The van der Waals surface area contributed by atoms with Gasteiger partial charge in [0, 0.05) is 0 Å². The lowest BCUT2D eigenvalue weighted by molar-refractivity contribution is 0.772. The van der Waals surface area contributed by atoms with Crippen molar-refractivity contribution in [3.8, 4) is 0 Å². The molecule has 0 amide bonds. The smallest absolute Gasteiger partial charge is 0.0382 e. The average Bonchev–Trinajstić information content (AvgIpc) is 2.20. The largest absolute Gasteiger partial charge is 0.103 e. The maximum Gasteiger partial charge on any atom is -0.0382 e. The lowest BCUT2D eigenvalue weighted by Crippen LogP contribution is -1.59. The second-order valence-corrected chi connectivity index (χ2v) is 3.05. The second kappa shape index (κ2) is 29.8. The molecule has 0 N–H and O–H groups in total. The molecule has 0 aliphatic heterocycles. The van der Waals surface area contributed by atoms with Gasteiger partial charge in [0.2, 0.25) is 0 Å². The van der Waals surface area contributed by atoms with E-state index >= 15 is 0 Å². The molecule has 0 saturated carbocycles. The summed E-state index contributed by atoms with van der Waals surface area (Å²) >= 11 is 0. The van der Waals surface area contributed by atoms with Gasteiger partial charge in [-0.2, -0.15) is 0 Å². The van der Waals surface area contributed by atoms with E-state index in [1.807, 2.05) is 6.08 Å². The molecule has 0 heteroatoms. The van der Waals surface area contributed by atoms with E-state index in [-0.39, 0.29) is 0 Å². The van der Waals surface area contributed by atoms with E-state index in [9.17, 15) is 0 Å². The maximum absolute atomic E-state index is 3.48. The SMILES string of the molecule is C=CCC.CCCC.CCCCC. The van der Waals surface area contributed by atoms with E-state index in [1.165, 1.54) is 32.1 Å². The normalized spacial score (nSPS) is 7.46. The monoisotopic (exact) mass is 186 g/mol. The van der Waals surface area contributed by atoms with Crippen LogP contribution in [0.2, 0.25) is 0 Å². The van der Waals surface area contributed by atoms with Crippen LogP contribution in [0.3, 0.4) is 0 Å². The first-order valence-corrected chi connectivity index (χ1v) is 5.85. The molecule has 0 unspecified atom stereocenters. The molecule has 0 aliphatic rings. The van der Waals surface area contributed by atoms with Gasteiger partial charge in [0.15, 0.2) is 0 Å². The fourth-order valence-corrected chi connectivity index (χ4v) is 0.354. The highest BCUT2D eigenvalue weighted by atomic mass is 13.7. The number of unbranched alkanes of at least 4 members (excludes halogenated alkanes) is 3. The summed E-state index contributed by atoms with van der Waals surface area (Å²) in [6.07, 6.45) is 9.67. The molecule has 0 fully saturated rings. The van der Waals surface area contributed by atoms with Gasteiger partial charge in [-0.25, -0.2) is 0 Å². The Morgan fingerprint density at radius 1 is 0.769 bits per heavy atom. The highest BCUT2D eigenvalue weighted by Crippen LogP contribution is 1.88. The van der Waals surface area contributed by atoms with Crippen LogP contribution in [-0.2, 0) is 0 Å². The van der Waals surface area contributed by atoms with Crippen molar-refractivity contribution in [1.82, 2.24) is 0 Å². The topological polar surface area (TPSA) is 0 Å². The molecule has 0 bridgehead atoms. The molecule has 0 aromatic heterocycles. The van der Waals surface area contributed by atoms with E-state index < -0.39 is 0 Å². The number of hydrogen-bond acceptors (Lipinski definition) is 0. The van der Waals surface area contributed by atoms with Gasteiger partial charge in [-0.3, -0.25) is 0 Å². The Morgan fingerprint density at radius 3 is 1.08 bits per heavy atom. The minimum absolute atomic E-state index is 1.08. The summed E-state index contributed by atoms with van der Waals surface area (Å²) in [4.78, 5) is 0. The van der Waals surface area contributed by atoms with Crippen molar-refractivity contribution in [1.29, 1.82) is 0 Å². The fraction of sp³-hybridized carbons (Fsp3) is 0.846. The predicted octanol–water partition coefficient (Wildman–Crippen LogP) is 5.59. The molecule has 13 heavy (non-hydrogen) atoms. The van der Waals surface area contributed by atoms with E-state index in [0.29, 0.717) is 0 Å². The fourth-order valence-electron chi connectivity index (χ4n) is 0.354. The lowest BCUT2D eigenvalue weighted by Gasteiger charge is -1.79. The molecular formula is C13H30. The van der Waals surface area contributed by atoms with E-state index in [2.05, 4.69) is 41.2 Å². The van der Waals surface area contributed by atoms with Crippen molar-refractivity contribution < 1.29 is 0 Å². The highest BCUT2D eigenvalue weighted by molar-refractivity contribution is 4.60. The molecule has 0 aromatic carbocycles. The third kappa shape index (κ3) is 79.6. The molecule has 0 atom stereocenters. The number of hydrogen-bond donors (Lipinski definition) is 0. The Bertz CT molecular complexity index is 51.1. The van der Waals surface area contributed by atoms with Crippen molar-refractivity contribution in [3.63, 3.8) is 0 Å². The summed E-state index contributed by atoms with van der Waals surface area (Å²) in [5.74, 6) is 0. The van der Waals surface area contributed by atoms with Crippen LogP contribution < -0.4 is 0 Å². The zero-order valence-electron chi connectivity index (χ0n) is 10.5. The summed E-state index contributed by atoms with van der Waals surface area (Å²) < 4.78 is 0. The highest BCUT2D eigenvalue weighted by Gasteiger charge is 1.68. The van der Waals surface area contributed by atoms with Gasteiger partial charge in [0.25, 0.3) is 0 Å². The van der Waals surface area contributed by atoms with Gasteiger partial charge in [0.1, 0.15) is 0 Å². The lowest BCUT2D eigenvalue weighted by atomic mass is 10.3. The van der Waals surface area contributed by atoms with Crippen LogP contribution in [0.4, 0.5) is 0 Å². The molecule has 0 spiro atoms. The molecule has 0 aliphatic carbocycles. The van der Waals surface area contributed by atoms with Crippen LogP contribution in [0.15, 0.2) is 12.7 Å². The van der Waals surface area contributed by atoms with Crippen molar-refractivity contribution in [2.45, 2.75) is 73.1 Å². The van der Waals surface area contributed by atoms with Crippen molar-refractivity contribution >= 4 is 0 Å². The summed E-state index contributed by atoms with van der Waals surface area (Å²) in [6, 6.07) is 0. The van der Waals surface area contributed by atoms with Crippen LogP contribution in [0.5, 0.6) is 0 Å². The molecule has 82 valence electrons. The number of rotatable bonds is 4. The zero-order valence-corrected chi connectivity index (χ0v) is 10.5. The van der Waals surface area contributed by atoms with Gasteiger partial charge in [-0.1, -0.05) is 72.8 Å². The Hall–Kier alpha value is -0.260. The molecular weight excluding hydrogens is 156 g/mol. The molecule has 0 heterocycles. The predicted molar refractivity (Wildman–Crippen MR) is 66.3 cm³/mol. The van der Waals surface area contributed by atoms with Crippen LogP contribution in [0.25, 0.3) is 0 Å². The first-order chi connectivity index (χ1) is 6.24. The summed E-state index contributed by atoms with van der Waals surface area (Å²) in [5, 5.41) is 0. The summed E-state index contributed by atoms with van der Waals surface area (Å²) in [6.45, 7) is 14.3. The first kappa shape index (κ1) is 18.5. The average molecular weight is 186 g/mol. The molecule has 0 saturated heterocycles. The first-order valence-electron chi connectivity index (χ1n) is 5.85. The van der Waals surface area contributed by atoms with E-state index in [4.69, 9.17) is 0 Å². The van der Waals surface area contributed by atoms with Crippen molar-refractivity contribution in [2.24, 2.45) is 0 Å². The van der Waals surface area contributed by atoms with E-state index in [1.54, 1.807) is 0 Å². The third-order valence-corrected chi connectivity index (χ3v) is 1.50. The van der Waals surface area contributed by atoms with E-state index in [0.717, 1.165) is 6.42 Å². The number of allylic oxidation sites excluding steroid dienone is 1. The third-order valence-electron chi connectivity index (χ3n) is 1.50. The van der Waals surface area contributed by atoms with Crippen molar-refractivity contribution in [2.75, 3.05) is 0 Å². The van der Waals surface area contributed by atoms with Gasteiger partial charge >= 0.3 is 0 Å². The van der Waals surface area contributed by atoms with Gasteiger partial charge in [0.05, 0.1) is 0 Å². The Kier molecular flexibility index (Phi) is 42.4. The Balaban J connectivity index is -0.000000117. The Morgan fingerprint density at radius 2 is 1.08 bits per heavy atom. The van der Waals surface area contributed by atoms with Gasteiger partial charge in [-0.15, -0.1) is 6.58 Å². The maximum atomic E-state index is 3.48. The van der Waals surface area contributed by atoms with Crippen LogP contribution in [0, 0.1) is 0 Å². The minimum atomic E-state index is 1.08. The second-order valence-electron chi connectivity index (χ2n) is 3.05. The molecule has 0 aromatic rings. The quantitative estimate of drug-likeness (QED) is 0.502. The van der Waals surface area contributed by atoms with Crippen LogP contribution >= 0.6 is 0 Å². The van der Waals surface area contributed by atoms with Gasteiger partial charge in [-0.05, 0) is 6.42 Å². The van der Waals surface area contributed by atoms with Gasteiger partial charge < -0.3 is 0 Å². The Labute approximate surface area is 86.4 Å². The molecule has 0 radical (unpaired) electrons. The summed E-state index contributed by atoms with van der Waals surface area (Å²) in [5.41, 5.74) is 0. The standard InChI is InChI=1S/C5H12.C4H10.C4H8/c1-3-5-4-2;2*1-3-4-2/h3-5H2,1-2H3;3-4H2,1-2H3;3H,1,4H2,2H3. The summed E-state index contributed by atoms with van der Waals surface area (Å²) in [7, 11) is 0. The van der Waals surface area contributed by atoms with Crippen molar-refractivity contribution in [3.05, 3.63) is 12.7 Å².